The molecule has 1 atom stereocenters. The molecule has 10 heteroatoms. The zero-order valence-electron chi connectivity index (χ0n) is 8.24. The number of aromatic nitrogens is 1. The van der Waals surface area contributed by atoms with Crippen LogP contribution >= 0.6 is 41.5 Å². The first-order chi connectivity index (χ1) is 6.85. The Kier molecular flexibility index (Phi) is 7.71. The maximum atomic E-state index is 11.3. The molecule has 84 valence electrons. The molecule has 0 spiro atoms. The quantitative estimate of drug-likeness (QED) is 0.431. The van der Waals surface area contributed by atoms with Crippen molar-refractivity contribution in [1.82, 2.24) is 4.98 Å². The Morgan fingerprint density at radius 2 is 1.94 bits per heavy atom. The smallest absolute Gasteiger partial charge is 0.770 e. The summed E-state index contributed by atoms with van der Waals surface area (Å²) in [6.45, 7) is -3.62. The Balaban J connectivity index is 0.00000225. The van der Waals surface area contributed by atoms with Gasteiger partial charge in [0.15, 0.2) is 11.9 Å². The molecule has 1 rings (SSSR count). The maximum Gasteiger partial charge on any atom is 1.00 e. The van der Waals surface area contributed by atoms with Gasteiger partial charge in [0.05, 0.1) is 5.02 Å². The second-order valence-corrected chi connectivity index (χ2v) is 6.23. The van der Waals surface area contributed by atoms with E-state index in [1.165, 1.54) is 6.07 Å². The average Bonchev–Trinajstić information content (AvgIpc) is 2.14. The van der Waals surface area contributed by atoms with Gasteiger partial charge in [-0.1, -0.05) is 34.8 Å². The molecule has 0 saturated heterocycles. The molecule has 0 aliphatic heterocycles. The topological polar surface area (TPSA) is 54.4 Å². The van der Waals surface area contributed by atoms with E-state index >= 15 is 0 Å². The fraction of sp³-hybridized carbons (Fsp3) is 0.167. The molecule has 1 aromatic rings. The van der Waals surface area contributed by atoms with Crippen LogP contribution in [0.5, 0.6) is 5.88 Å². The van der Waals surface area contributed by atoms with Gasteiger partial charge in [-0.25, -0.2) is 0 Å². The van der Waals surface area contributed by atoms with E-state index in [1.807, 2.05) is 0 Å². The third-order valence-corrected chi connectivity index (χ3v) is 3.73. The molecule has 16 heavy (non-hydrogen) atoms. The molecule has 0 saturated carbocycles. The summed E-state index contributed by atoms with van der Waals surface area (Å²) in [5.74, 6) is -0.175. The molecule has 0 N–H and O–H groups in total. The molecule has 0 bridgehead atoms. The summed E-state index contributed by atoms with van der Waals surface area (Å²) in [6, 6.07) is 1.30. The van der Waals surface area contributed by atoms with Crippen molar-refractivity contribution < 1.29 is 43.5 Å². The van der Waals surface area contributed by atoms with Crippen molar-refractivity contribution in [3.63, 3.8) is 0 Å². The van der Waals surface area contributed by atoms with Crippen molar-refractivity contribution in [2.24, 2.45) is 0 Å². The van der Waals surface area contributed by atoms with Crippen LogP contribution in [0.3, 0.4) is 0 Å². The first-order valence-corrected chi connectivity index (χ1v) is 7.12. The summed E-state index contributed by atoms with van der Waals surface area (Å²) in [5, 5.41) is 0.180. The minimum atomic E-state index is -3.62. The number of hydrogen-bond acceptors (Lipinski definition) is 5. The van der Waals surface area contributed by atoms with Crippen LogP contribution in [0.1, 0.15) is 0 Å². The summed E-state index contributed by atoms with van der Waals surface area (Å²) in [5.41, 5.74) is 0. The fourth-order valence-corrected chi connectivity index (χ4v) is 1.86. The van der Waals surface area contributed by atoms with Gasteiger partial charge in [0.25, 0.3) is 0 Å². The Morgan fingerprint density at radius 1 is 1.38 bits per heavy atom. The molecule has 0 aromatic carbocycles. The third kappa shape index (κ3) is 4.94. The SMILES string of the molecule is COP([O-])(=S)Oc1nc(Cl)c(Cl)cc1Cl.[Na+]. The van der Waals surface area contributed by atoms with Crippen LogP contribution in [0.25, 0.3) is 0 Å². The van der Waals surface area contributed by atoms with Gasteiger partial charge in [-0.05, 0) is 17.9 Å². The second kappa shape index (κ2) is 7.10. The zero-order valence-corrected chi connectivity index (χ0v) is 14.2. The molecule has 1 unspecified atom stereocenters. The molecule has 0 amide bonds. The van der Waals surface area contributed by atoms with Crippen LogP contribution in [0.4, 0.5) is 0 Å². The van der Waals surface area contributed by atoms with Crippen LogP contribution in [-0.4, -0.2) is 12.1 Å². The molecular weight excluding hydrogens is 326 g/mol. The van der Waals surface area contributed by atoms with Crippen molar-refractivity contribution in [3.05, 3.63) is 21.3 Å². The molecule has 4 nitrogen and oxygen atoms in total. The third-order valence-electron chi connectivity index (χ3n) is 1.28. The Morgan fingerprint density at radius 3 is 2.44 bits per heavy atom. The van der Waals surface area contributed by atoms with E-state index in [1.54, 1.807) is 0 Å². The van der Waals surface area contributed by atoms with Gasteiger partial charge < -0.3 is 13.9 Å². The monoisotopic (exact) mass is 329 g/mol. The standard InChI is InChI=1S/C6H5Cl3NO3PS.Na/c1-12-14(11,15)13-6-4(8)2-3(7)5(9)10-6;/h2H,1H3,(H,11,15);/q;+1/p-1. The van der Waals surface area contributed by atoms with Gasteiger partial charge in [-0.2, -0.15) is 4.98 Å². The van der Waals surface area contributed by atoms with E-state index in [9.17, 15) is 4.89 Å². The number of rotatable bonds is 3. The number of nitrogens with zero attached hydrogens (tertiary/aromatic N) is 1. The zero-order chi connectivity index (χ0) is 11.6. The molecule has 1 heterocycles. The van der Waals surface area contributed by atoms with Crippen LogP contribution in [0.2, 0.25) is 15.2 Å². The maximum absolute atomic E-state index is 11.3. The Labute approximate surface area is 135 Å². The van der Waals surface area contributed by atoms with Crippen LogP contribution in [0, 0.1) is 0 Å². The minimum Gasteiger partial charge on any atom is -0.770 e. The van der Waals surface area contributed by atoms with E-state index in [0.717, 1.165) is 7.11 Å². The van der Waals surface area contributed by atoms with E-state index in [4.69, 9.17) is 39.3 Å². The summed E-state index contributed by atoms with van der Waals surface area (Å²) < 4.78 is 9.22. The summed E-state index contributed by atoms with van der Waals surface area (Å²) in [6.07, 6.45) is 0. The van der Waals surface area contributed by atoms with E-state index in [0.29, 0.717) is 0 Å². The largest absolute Gasteiger partial charge is 1.00 e. The molecular formula is C6H4Cl3NNaO3PS. The predicted molar refractivity (Wildman–Crippen MR) is 61.2 cm³/mol. The van der Waals surface area contributed by atoms with Gasteiger partial charge >= 0.3 is 29.6 Å². The number of halogens is 3. The first-order valence-electron chi connectivity index (χ1n) is 3.43. The van der Waals surface area contributed by atoms with Crippen molar-refractivity contribution in [3.8, 4) is 5.88 Å². The molecule has 1 aromatic heterocycles. The van der Waals surface area contributed by atoms with Gasteiger partial charge in [0.1, 0.15) is 5.02 Å². The molecule has 0 radical (unpaired) electrons. The van der Waals surface area contributed by atoms with Gasteiger partial charge in [0.2, 0.25) is 5.88 Å². The van der Waals surface area contributed by atoms with Crippen LogP contribution < -0.4 is 39.0 Å². The van der Waals surface area contributed by atoms with E-state index in [-0.39, 0.29) is 50.6 Å². The Hall–Kier alpha value is 1.39. The van der Waals surface area contributed by atoms with E-state index < -0.39 is 6.72 Å². The van der Waals surface area contributed by atoms with Crippen LogP contribution in [-0.2, 0) is 16.3 Å². The summed E-state index contributed by atoms with van der Waals surface area (Å²) >= 11 is 21.5. The molecule has 0 aliphatic carbocycles. The van der Waals surface area contributed by atoms with Crippen molar-refractivity contribution in [1.29, 1.82) is 0 Å². The number of pyridine rings is 1. The fourth-order valence-electron chi connectivity index (χ4n) is 0.636. The molecule has 0 fully saturated rings. The van der Waals surface area contributed by atoms with Gasteiger partial charge in [-0.3, -0.25) is 0 Å². The van der Waals surface area contributed by atoms with Crippen molar-refractivity contribution in [2.45, 2.75) is 0 Å². The normalized spacial score (nSPS) is 13.8. The summed E-state index contributed by atoms with van der Waals surface area (Å²) in [4.78, 5) is 15.0. The average molecular weight is 330 g/mol. The van der Waals surface area contributed by atoms with Crippen LogP contribution in [0.15, 0.2) is 6.07 Å². The number of hydrogen-bond donors (Lipinski definition) is 0. The van der Waals surface area contributed by atoms with Crippen molar-refractivity contribution >= 4 is 53.3 Å². The predicted octanol–water partition coefficient (Wildman–Crippen LogP) is -0.344. The Bertz CT molecular complexity index is 436. The summed E-state index contributed by atoms with van der Waals surface area (Å²) in [7, 11) is 1.15. The minimum absolute atomic E-state index is 0. The second-order valence-electron chi connectivity index (χ2n) is 2.27. The first kappa shape index (κ1) is 17.4. The molecule has 0 aliphatic rings. The van der Waals surface area contributed by atoms with Crippen molar-refractivity contribution in [2.75, 3.05) is 7.11 Å². The van der Waals surface area contributed by atoms with E-state index in [2.05, 4.69) is 21.3 Å². The van der Waals surface area contributed by atoms with Gasteiger partial charge in [-0.15, -0.1) is 0 Å². The van der Waals surface area contributed by atoms with Gasteiger partial charge in [0, 0.05) is 7.11 Å².